The highest BCUT2D eigenvalue weighted by molar-refractivity contribution is 9.10. The number of carbonyl (C=O) groups is 4. The summed E-state index contributed by atoms with van der Waals surface area (Å²) in [7, 11) is 1.51. The van der Waals surface area contributed by atoms with E-state index in [4.69, 9.17) is 4.74 Å². The number of benzene rings is 3. The summed E-state index contributed by atoms with van der Waals surface area (Å²) in [4.78, 5) is 57.6. The SMILES string of the molecule is COc1ccc(C(=O)C2C3C(=O)N(c4cccc(F)c4)C(=O)C3C3C=C(C(=O)c4ccccc4)C=CN32)cc1Br. The van der Waals surface area contributed by atoms with Gasteiger partial charge in [-0.2, -0.15) is 0 Å². The van der Waals surface area contributed by atoms with Gasteiger partial charge in [0.15, 0.2) is 11.6 Å². The summed E-state index contributed by atoms with van der Waals surface area (Å²) in [5.41, 5.74) is 1.26. The van der Waals surface area contributed by atoms with Gasteiger partial charge in [-0.3, -0.25) is 19.2 Å². The van der Waals surface area contributed by atoms with E-state index in [1.54, 1.807) is 65.7 Å². The zero-order valence-electron chi connectivity index (χ0n) is 21.2. The van der Waals surface area contributed by atoms with Crippen LogP contribution in [-0.2, 0) is 9.59 Å². The lowest BCUT2D eigenvalue weighted by Gasteiger charge is -2.33. The van der Waals surface area contributed by atoms with Crippen molar-refractivity contribution in [3.8, 4) is 5.75 Å². The number of hydrogen-bond acceptors (Lipinski definition) is 6. The molecule has 40 heavy (non-hydrogen) atoms. The number of methoxy groups -OCH3 is 1. The maximum Gasteiger partial charge on any atom is 0.240 e. The minimum absolute atomic E-state index is 0.102. The molecule has 0 aromatic heterocycles. The lowest BCUT2D eigenvalue weighted by molar-refractivity contribution is -0.123. The van der Waals surface area contributed by atoms with Crippen molar-refractivity contribution >= 4 is 45.0 Å². The van der Waals surface area contributed by atoms with Crippen molar-refractivity contribution in [3.05, 3.63) is 118 Å². The molecule has 0 aliphatic carbocycles. The highest BCUT2D eigenvalue weighted by Gasteiger charge is 2.63. The first-order valence-corrected chi connectivity index (χ1v) is 13.4. The van der Waals surface area contributed by atoms with E-state index in [2.05, 4.69) is 15.9 Å². The third-order valence-corrected chi connectivity index (χ3v) is 8.24. The Morgan fingerprint density at radius 2 is 1.65 bits per heavy atom. The van der Waals surface area contributed by atoms with Gasteiger partial charge < -0.3 is 9.64 Å². The molecule has 0 radical (unpaired) electrons. The molecule has 200 valence electrons. The third-order valence-electron chi connectivity index (χ3n) is 7.62. The molecular formula is C31H22BrFN2O5. The van der Waals surface area contributed by atoms with E-state index in [0.717, 1.165) is 11.0 Å². The highest BCUT2D eigenvalue weighted by Crippen LogP contribution is 2.47. The Labute approximate surface area is 237 Å². The summed E-state index contributed by atoms with van der Waals surface area (Å²) in [6.45, 7) is 0. The Morgan fingerprint density at radius 1 is 0.900 bits per heavy atom. The summed E-state index contributed by atoms with van der Waals surface area (Å²) < 4.78 is 19.9. The van der Waals surface area contributed by atoms with Gasteiger partial charge in [0, 0.05) is 22.9 Å². The average Bonchev–Trinajstić information content (AvgIpc) is 3.44. The number of fused-ring (bicyclic) bond motifs is 3. The van der Waals surface area contributed by atoms with E-state index in [0.29, 0.717) is 26.9 Å². The quantitative estimate of drug-likeness (QED) is 0.293. The third kappa shape index (κ3) is 4.08. The van der Waals surface area contributed by atoms with Crippen LogP contribution in [0.1, 0.15) is 20.7 Å². The number of amides is 2. The summed E-state index contributed by atoms with van der Waals surface area (Å²) in [6, 6.07) is 17.1. The number of Topliss-reactive ketones (excluding diaryl/α,β-unsaturated/α-hetero) is 2. The molecule has 0 spiro atoms. The smallest absolute Gasteiger partial charge is 0.240 e. The van der Waals surface area contributed by atoms with Crippen LogP contribution in [0.15, 0.2) is 101 Å². The Hall–Kier alpha value is -4.37. The molecule has 7 nitrogen and oxygen atoms in total. The second-order valence-electron chi connectivity index (χ2n) is 9.77. The van der Waals surface area contributed by atoms with Gasteiger partial charge in [-0.1, -0.05) is 42.5 Å². The Morgan fingerprint density at radius 3 is 2.35 bits per heavy atom. The number of rotatable bonds is 6. The van der Waals surface area contributed by atoms with Gasteiger partial charge in [-0.25, -0.2) is 9.29 Å². The lowest BCUT2D eigenvalue weighted by atomic mass is 9.85. The first-order chi connectivity index (χ1) is 19.3. The van der Waals surface area contributed by atoms with Crippen LogP contribution < -0.4 is 9.64 Å². The van der Waals surface area contributed by atoms with Crippen molar-refractivity contribution < 1.29 is 28.3 Å². The second-order valence-corrected chi connectivity index (χ2v) is 10.6. The van der Waals surface area contributed by atoms with Crippen LogP contribution in [0.4, 0.5) is 10.1 Å². The molecule has 0 N–H and O–H groups in total. The normalized spacial score (nSPS) is 23.1. The number of anilines is 1. The lowest BCUT2D eigenvalue weighted by Crippen LogP contribution is -2.46. The first kappa shape index (κ1) is 25.9. The van der Waals surface area contributed by atoms with E-state index in [9.17, 15) is 23.6 Å². The molecule has 2 amide bonds. The highest BCUT2D eigenvalue weighted by atomic mass is 79.9. The van der Waals surface area contributed by atoms with Crippen LogP contribution in [0, 0.1) is 17.7 Å². The van der Waals surface area contributed by atoms with E-state index in [-0.39, 0.29) is 17.3 Å². The fraction of sp³-hybridized carbons (Fsp3) is 0.161. The number of nitrogens with zero attached hydrogens (tertiary/aromatic N) is 2. The molecule has 2 fully saturated rings. The van der Waals surface area contributed by atoms with Gasteiger partial charge in [0.1, 0.15) is 17.6 Å². The van der Waals surface area contributed by atoms with E-state index >= 15 is 0 Å². The average molecular weight is 601 g/mol. The summed E-state index contributed by atoms with van der Waals surface area (Å²) in [6.07, 6.45) is 4.88. The maximum atomic E-state index is 14.1. The minimum atomic E-state index is -1.04. The van der Waals surface area contributed by atoms with Crippen molar-refractivity contribution in [1.29, 1.82) is 0 Å². The minimum Gasteiger partial charge on any atom is -0.496 e. The van der Waals surface area contributed by atoms with Crippen molar-refractivity contribution in [2.24, 2.45) is 11.8 Å². The molecular weight excluding hydrogens is 579 g/mol. The van der Waals surface area contributed by atoms with Gasteiger partial charge >= 0.3 is 0 Å². The second kappa shape index (κ2) is 9.98. The molecule has 3 heterocycles. The van der Waals surface area contributed by atoms with Crippen molar-refractivity contribution in [3.63, 3.8) is 0 Å². The van der Waals surface area contributed by atoms with Crippen molar-refractivity contribution in [2.45, 2.75) is 12.1 Å². The van der Waals surface area contributed by atoms with E-state index in [1.165, 1.54) is 25.3 Å². The Balaban J connectivity index is 1.44. The predicted octanol–water partition coefficient (Wildman–Crippen LogP) is 4.97. The van der Waals surface area contributed by atoms with E-state index < -0.39 is 41.6 Å². The molecule has 0 saturated carbocycles. The number of imide groups is 1. The molecule has 3 aromatic carbocycles. The standard InChI is InChI=1S/C31H22BrFN2O5/c1-40-24-11-10-18(14-22(24)32)29(37)27-26-25(30(38)35(31(26)39)21-9-5-8-20(33)16-21)23-15-19(12-13-34(23)27)28(36)17-6-3-2-4-7-17/h2-16,23,25-27H,1H3. The van der Waals surface area contributed by atoms with Gasteiger partial charge in [0.2, 0.25) is 11.8 Å². The summed E-state index contributed by atoms with van der Waals surface area (Å²) in [5.74, 6) is -3.77. The predicted molar refractivity (Wildman–Crippen MR) is 148 cm³/mol. The molecule has 6 rings (SSSR count). The number of carbonyl (C=O) groups excluding carboxylic acids is 4. The first-order valence-electron chi connectivity index (χ1n) is 12.6. The fourth-order valence-electron chi connectivity index (χ4n) is 5.81. The van der Waals surface area contributed by atoms with Gasteiger partial charge in [0.05, 0.1) is 35.1 Å². The molecule has 2 saturated heterocycles. The van der Waals surface area contributed by atoms with Gasteiger partial charge in [-0.05, 0) is 58.4 Å². The molecule has 3 aromatic rings. The van der Waals surface area contributed by atoms with Crippen LogP contribution in [0.2, 0.25) is 0 Å². The maximum absolute atomic E-state index is 14.1. The topological polar surface area (TPSA) is 84.0 Å². The van der Waals surface area contributed by atoms with Crippen LogP contribution in [0.25, 0.3) is 0 Å². The molecule has 4 atom stereocenters. The van der Waals surface area contributed by atoms with Gasteiger partial charge in [0.25, 0.3) is 0 Å². The zero-order chi connectivity index (χ0) is 28.1. The monoisotopic (exact) mass is 600 g/mol. The molecule has 4 unspecified atom stereocenters. The number of ether oxygens (including phenoxy) is 1. The fourth-order valence-corrected chi connectivity index (χ4v) is 6.35. The Kier molecular flexibility index (Phi) is 6.46. The molecule has 3 aliphatic rings. The largest absolute Gasteiger partial charge is 0.496 e. The number of halogens is 2. The number of ketones is 2. The summed E-state index contributed by atoms with van der Waals surface area (Å²) >= 11 is 3.41. The van der Waals surface area contributed by atoms with Crippen LogP contribution in [-0.4, -0.2) is 47.5 Å². The van der Waals surface area contributed by atoms with Crippen molar-refractivity contribution in [1.82, 2.24) is 4.90 Å². The summed E-state index contributed by atoms with van der Waals surface area (Å²) in [5, 5.41) is 0. The van der Waals surface area contributed by atoms with Gasteiger partial charge in [-0.15, -0.1) is 0 Å². The molecule has 0 bridgehead atoms. The Bertz CT molecular complexity index is 1640. The number of allylic oxidation sites excluding steroid dienone is 2. The van der Waals surface area contributed by atoms with Crippen LogP contribution >= 0.6 is 15.9 Å². The number of hydrogen-bond donors (Lipinski definition) is 0. The van der Waals surface area contributed by atoms with E-state index in [1.807, 2.05) is 6.07 Å². The zero-order valence-corrected chi connectivity index (χ0v) is 22.7. The van der Waals surface area contributed by atoms with Crippen LogP contribution in [0.3, 0.4) is 0 Å². The molecule has 9 heteroatoms. The molecule has 3 aliphatic heterocycles. The van der Waals surface area contributed by atoms with Crippen molar-refractivity contribution in [2.75, 3.05) is 12.0 Å². The van der Waals surface area contributed by atoms with Crippen LogP contribution in [0.5, 0.6) is 5.75 Å².